The molecule has 1 aliphatic carbocycles. The van der Waals surface area contributed by atoms with E-state index >= 15 is 0 Å². The van der Waals surface area contributed by atoms with Gasteiger partial charge in [-0.05, 0) is 66.3 Å². The van der Waals surface area contributed by atoms with E-state index in [4.69, 9.17) is 5.73 Å². The number of benzene rings is 2. The van der Waals surface area contributed by atoms with E-state index in [0.29, 0.717) is 11.5 Å². The molecule has 2 aromatic carbocycles. The topological polar surface area (TPSA) is 26.0 Å². The van der Waals surface area contributed by atoms with Gasteiger partial charge in [0.2, 0.25) is 0 Å². The number of halogens is 3. The standard InChI is InChI=1S/C24H30F3N/c1-2-3-4-5-17-6-8-18(9-7-17)19-10-12-20(13-11-19)21-14-15-23(28)22(16-21)24(25,26)27/h10-18H,2-9,28H2,1H3/t17-,18-. The molecule has 1 nitrogen and oxygen atoms in total. The number of nitrogen functional groups attached to an aromatic ring is 1. The van der Waals surface area contributed by atoms with Gasteiger partial charge in [0.1, 0.15) is 0 Å². The second-order valence-corrected chi connectivity index (χ2v) is 8.14. The normalized spacial score (nSPS) is 20.3. The molecule has 0 amide bonds. The molecule has 2 N–H and O–H groups in total. The minimum atomic E-state index is -4.43. The van der Waals surface area contributed by atoms with Crippen molar-refractivity contribution in [2.75, 3.05) is 5.73 Å². The van der Waals surface area contributed by atoms with Crippen molar-refractivity contribution in [3.8, 4) is 11.1 Å². The van der Waals surface area contributed by atoms with Crippen LogP contribution < -0.4 is 5.73 Å². The summed E-state index contributed by atoms with van der Waals surface area (Å²) in [5.41, 5.74) is 7.15. The highest BCUT2D eigenvalue weighted by Gasteiger charge is 2.33. The molecule has 0 atom stereocenters. The fourth-order valence-electron chi connectivity index (χ4n) is 4.40. The number of nitrogens with two attached hydrogens (primary N) is 1. The van der Waals surface area contributed by atoms with Crippen molar-refractivity contribution in [3.05, 3.63) is 53.6 Å². The van der Waals surface area contributed by atoms with Gasteiger partial charge in [-0.2, -0.15) is 13.2 Å². The monoisotopic (exact) mass is 389 g/mol. The number of hydrogen-bond acceptors (Lipinski definition) is 1. The number of hydrogen-bond donors (Lipinski definition) is 1. The maximum absolute atomic E-state index is 13.1. The molecule has 2 aromatic rings. The van der Waals surface area contributed by atoms with E-state index in [9.17, 15) is 13.2 Å². The molecule has 4 heteroatoms. The predicted octanol–water partition coefficient (Wildman–Crippen LogP) is 7.81. The van der Waals surface area contributed by atoms with E-state index in [0.717, 1.165) is 17.5 Å². The first-order valence-corrected chi connectivity index (χ1v) is 10.5. The van der Waals surface area contributed by atoms with Gasteiger partial charge < -0.3 is 5.73 Å². The van der Waals surface area contributed by atoms with Gasteiger partial charge in [-0.3, -0.25) is 0 Å². The molecule has 0 spiro atoms. The fourth-order valence-corrected chi connectivity index (χ4v) is 4.40. The predicted molar refractivity (Wildman–Crippen MR) is 110 cm³/mol. The summed E-state index contributed by atoms with van der Waals surface area (Å²) in [6, 6.07) is 12.2. The number of rotatable bonds is 6. The highest BCUT2D eigenvalue weighted by atomic mass is 19.4. The second kappa shape index (κ2) is 9.02. The van der Waals surface area contributed by atoms with Crippen molar-refractivity contribution in [1.82, 2.24) is 0 Å². The molecule has 152 valence electrons. The van der Waals surface area contributed by atoms with Gasteiger partial charge in [-0.1, -0.05) is 62.9 Å². The summed E-state index contributed by atoms with van der Waals surface area (Å²) < 4.78 is 39.3. The lowest BCUT2D eigenvalue weighted by Gasteiger charge is -2.29. The van der Waals surface area contributed by atoms with E-state index in [1.165, 1.54) is 63.0 Å². The third kappa shape index (κ3) is 5.09. The first kappa shape index (κ1) is 20.8. The highest BCUT2D eigenvalue weighted by molar-refractivity contribution is 5.68. The van der Waals surface area contributed by atoms with E-state index in [1.54, 1.807) is 6.07 Å². The highest BCUT2D eigenvalue weighted by Crippen LogP contribution is 2.39. The van der Waals surface area contributed by atoms with Crippen LogP contribution in [0.4, 0.5) is 18.9 Å². The first-order chi connectivity index (χ1) is 13.4. The molecule has 1 aliphatic rings. The minimum absolute atomic E-state index is 0.233. The number of alkyl halides is 3. The Morgan fingerprint density at radius 1 is 0.893 bits per heavy atom. The van der Waals surface area contributed by atoms with Crippen LogP contribution in [0.5, 0.6) is 0 Å². The molecule has 0 radical (unpaired) electrons. The van der Waals surface area contributed by atoms with E-state index in [-0.39, 0.29) is 5.69 Å². The van der Waals surface area contributed by atoms with Crippen LogP contribution in [0.3, 0.4) is 0 Å². The van der Waals surface area contributed by atoms with E-state index in [1.807, 2.05) is 12.1 Å². The molecule has 0 aliphatic heterocycles. The van der Waals surface area contributed by atoms with Crippen molar-refractivity contribution in [3.63, 3.8) is 0 Å². The Bertz CT molecular complexity index is 756. The summed E-state index contributed by atoms with van der Waals surface area (Å²) in [4.78, 5) is 0. The Morgan fingerprint density at radius 2 is 1.54 bits per heavy atom. The Labute approximate surface area is 166 Å². The fraction of sp³-hybridized carbons (Fsp3) is 0.500. The first-order valence-electron chi connectivity index (χ1n) is 10.5. The Hall–Kier alpha value is -1.97. The summed E-state index contributed by atoms with van der Waals surface area (Å²) in [6.45, 7) is 2.24. The molecular formula is C24H30F3N. The maximum atomic E-state index is 13.1. The van der Waals surface area contributed by atoms with Crippen molar-refractivity contribution < 1.29 is 13.2 Å². The summed E-state index contributed by atoms with van der Waals surface area (Å²) in [7, 11) is 0. The van der Waals surface area contributed by atoms with Crippen LogP contribution in [0.2, 0.25) is 0 Å². The molecular weight excluding hydrogens is 359 g/mol. The number of anilines is 1. The average molecular weight is 390 g/mol. The van der Waals surface area contributed by atoms with Gasteiger partial charge >= 0.3 is 6.18 Å². The SMILES string of the molecule is CCCCC[C@H]1CC[C@H](c2ccc(-c3ccc(N)c(C(F)(F)F)c3)cc2)CC1. The zero-order valence-corrected chi connectivity index (χ0v) is 16.6. The Kier molecular flexibility index (Phi) is 6.69. The summed E-state index contributed by atoms with van der Waals surface area (Å²) in [5, 5.41) is 0. The molecule has 0 saturated heterocycles. The van der Waals surface area contributed by atoms with Crippen molar-refractivity contribution in [2.45, 2.75) is 70.4 Å². The Balaban J connectivity index is 1.65. The molecule has 28 heavy (non-hydrogen) atoms. The van der Waals surface area contributed by atoms with Gasteiger partial charge in [0.25, 0.3) is 0 Å². The van der Waals surface area contributed by atoms with Gasteiger partial charge in [-0.15, -0.1) is 0 Å². The summed E-state index contributed by atoms with van der Waals surface area (Å²) >= 11 is 0. The van der Waals surface area contributed by atoms with E-state index < -0.39 is 11.7 Å². The van der Waals surface area contributed by atoms with Crippen LogP contribution in [0.1, 0.15) is 75.3 Å². The maximum Gasteiger partial charge on any atom is 0.418 e. The van der Waals surface area contributed by atoms with Crippen LogP contribution in [0.25, 0.3) is 11.1 Å². The lowest BCUT2D eigenvalue weighted by molar-refractivity contribution is -0.136. The zero-order chi connectivity index (χ0) is 20.1. The molecule has 0 bridgehead atoms. The molecule has 0 unspecified atom stereocenters. The zero-order valence-electron chi connectivity index (χ0n) is 16.6. The second-order valence-electron chi connectivity index (χ2n) is 8.14. The minimum Gasteiger partial charge on any atom is -0.398 e. The van der Waals surface area contributed by atoms with Crippen LogP contribution in [-0.4, -0.2) is 0 Å². The quantitative estimate of drug-likeness (QED) is 0.396. The van der Waals surface area contributed by atoms with Crippen molar-refractivity contribution in [2.24, 2.45) is 5.92 Å². The third-order valence-electron chi connectivity index (χ3n) is 6.14. The van der Waals surface area contributed by atoms with E-state index in [2.05, 4.69) is 19.1 Å². The van der Waals surface area contributed by atoms with Gasteiger partial charge in [0, 0.05) is 5.69 Å². The lowest BCUT2D eigenvalue weighted by atomic mass is 9.77. The van der Waals surface area contributed by atoms with Crippen LogP contribution in [0.15, 0.2) is 42.5 Å². The largest absolute Gasteiger partial charge is 0.418 e. The smallest absolute Gasteiger partial charge is 0.398 e. The van der Waals surface area contributed by atoms with Crippen LogP contribution in [-0.2, 0) is 6.18 Å². The van der Waals surface area contributed by atoms with Crippen molar-refractivity contribution in [1.29, 1.82) is 0 Å². The van der Waals surface area contributed by atoms with Gasteiger partial charge in [-0.25, -0.2) is 0 Å². The summed E-state index contributed by atoms with van der Waals surface area (Å²) in [6.07, 6.45) is 5.91. The third-order valence-corrected chi connectivity index (χ3v) is 6.14. The summed E-state index contributed by atoms with van der Waals surface area (Å²) in [5.74, 6) is 1.45. The lowest BCUT2D eigenvalue weighted by Crippen LogP contribution is -2.13. The molecule has 1 fully saturated rings. The molecule has 0 aromatic heterocycles. The Morgan fingerprint density at radius 3 is 2.14 bits per heavy atom. The average Bonchev–Trinajstić information content (AvgIpc) is 2.68. The van der Waals surface area contributed by atoms with Crippen LogP contribution in [0, 0.1) is 5.92 Å². The van der Waals surface area contributed by atoms with Crippen LogP contribution >= 0.6 is 0 Å². The van der Waals surface area contributed by atoms with Crippen molar-refractivity contribution >= 4 is 5.69 Å². The molecule has 1 saturated carbocycles. The van der Waals surface area contributed by atoms with Gasteiger partial charge in [0.15, 0.2) is 0 Å². The number of unbranched alkanes of at least 4 members (excludes halogenated alkanes) is 2. The molecule has 3 rings (SSSR count). The van der Waals surface area contributed by atoms with Gasteiger partial charge in [0.05, 0.1) is 5.56 Å². The molecule has 0 heterocycles.